The Hall–Kier alpha value is -1.09. The summed E-state index contributed by atoms with van der Waals surface area (Å²) < 4.78 is 0. The summed E-state index contributed by atoms with van der Waals surface area (Å²) in [6.45, 7) is 2.36. The Kier molecular flexibility index (Phi) is 3.74. The van der Waals surface area contributed by atoms with E-state index in [1.54, 1.807) is 6.20 Å². The molecule has 0 amide bonds. The number of aliphatic hydroxyl groups excluding tert-OH is 1. The molecule has 2 aliphatic rings. The van der Waals surface area contributed by atoms with E-state index in [9.17, 15) is 5.11 Å². The third-order valence-corrected chi connectivity index (χ3v) is 5.14. The lowest BCUT2D eigenvalue weighted by Crippen LogP contribution is -2.41. The molecule has 0 atom stereocenters. The van der Waals surface area contributed by atoms with Crippen molar-refractivity contribution >= 4 is 5.69 Å². The first-order valence-corrected chi connectivity index (χ1v) is 7.62. The first-order chi connectivity index (χ1) is 9.33. The summed E-state index contributed by atoms with van der Waals surface area (Å²) >= 11 is 0. The minimum Gasteiger partial charge on any atom is -0.392 e. The zero-order chi connectivity index (χ0) is 13.1. The van der Waals surface area contributed by atoms with Crippen LogP contribution < -0.4 is 4.90 Å². The Morgan fingerprint density at radius 1 is 1.11 bits per heavy atom. The van der Waals surface area contributed by atoms with Gasteiger partial charge in [-0.15, -0.1) is 0 Å². The van der Waals surface area contributed by atoms with Gasteiger partial charge < -0.3 is 10.0 Å². The molecular formula is C16H24N2O. The van der Waals surface area contributed by atoms with Crippen LogP contribution in [0.25, 0.3) is 0 Å². The fraction of sp³-hybridized carbons (Fsp3) is 0.688. The smallest absolute Gasteiger partial charge is 0.0703 e. The summed E-state index contributed by atoms with van der Waals surface area (Å²) in [5.74, 6) is 0. The van der Waals surface area contributed by atoms with Crippen LogP contribution in [0.4, 0.5) is 5.69 Å². The summed E-state index contributed by atoms with van der Waals surface area (Å²) in [5.41, 5.74) is 2.78. The summed E-state index contributed by atoms with van der Waals surface area (Å²) in [6.07, 6.45) is 13.4. The van der Waals surface area contributed by atoms with Gasteiger partial charge in [-0.1, -0.05) is 19.3 Å². The second-order valence-corrected chi connectivity index (χ2v) is 6.21. The lowest BCUT2D eigenvalue weighted by molar-refractivity contribution is 0.144. The Balaban J connectivity index is 1.69. The number of pyridine rings is 1. The van der Waals surface area contributed by atoms with Gasteiger partial charge in [0.25, 0.3) is 0 Å². The molecule has 2 heterocycles. The minimum absolute atomic E-state index is 0.111. The molecule has 1 aliphatic heterocycles. The van der Waals surface area contributed by atoms with E-state index in [1.807, 2.05) is 12.3 Å². The quantitative estimate of drug-likeness (QED) is 0.887. The molecule has 1 aliphatic carbocycles. The highest BCUT2D eigenvalue weighted by Gasteiger charge is 2.35. The van der Waals surface area contributed by atoms with Gasteiger partial charge in [0.1, 0.15) is 0 Å². The molecule has 0 radical (unpaired) electrons. The van der Waals surface area contributed by atoms with E-state index < -0.39 is 0 Å². The summed E-state index contributed by atoms with van der Waals surface area (Å²) in [6, 6.07) is 1.93. The Morgan fingerprint density at radius 2 is 1.84 bits per heavy atom. The normalized spacial score (nSPS) is 22.7. The monoisotopic (exact) mass is 260 g/mol. The van der Waals surface area contributed by atoms with E-state index in [0.29, 0.717) is 5.41 Å². The Morgan fingerprint density at radius 3 is 2.53 bits per heavy atom. The van der Waals surface area contributed by atoms with Gasteiger partial charge in [-0.3, -0.25) is 4.98 Å². The van der Waals surface area contributed by atoms with Crippen molar-refractivity contribution in [2.45, 2.75) is 51.6 Å². The van der Waals surface area contributed by atoms with E-state index in [2.05, 4.69) is 9.88 Å². The average molecular weight is 260 g/mol. The maximum atomic E-state index is 9.44. The number of aliphatic hydroxyl groups is 1. The molecule has 19 heavy (non-hydrogen) atoms. The second kappa shape index (κ2) is 5.49. The predicted molar refractivity (Wildman–Crippen MR) is 77.1 cm³/mol. The SMILES string of the molecule is OCc1ccncc1N1CCC2(CCCCC2)CC1. The van der Waals surface area contributed by atoms with Crippen LogP contribution in [-0.2, 0) is 6.61 Å². The van der Waals surface area contributed by atoms with Crippen molar-refractivity contribution < 1.29 is 5.11 Å². The van der Waals surface area contributed by atoms with E-state index in [0.717, 1.165) is 24.3 Å². The molecule has 3 rings (SSSR count). The summed E-state index contributed by atoms with van der Waals surface area (Å²) in [4.78, 5) is 6.63. The molecule has 0 unspecified atom stereocenters. The molecule has 1 N–H and O–H groups in total. The van der Waals surface area contributed by atoms with Gasteiger partial charge in [0.15, 0.2) is 0 Å². The molecule has 2 fully saturated rings. The highest BCUT2D eigenvalue weighted by Crippen LogP contribution is 2.45. The summed E-state index contributed by atoms with van der Waals surface area (Å²) in [7, 11) is 0. The molecule has 104 valence electrons. The van der Waals surface area contributed by atoms with Crippen molar-refractivity contribution in [1.82, 2.24) is 4.98 Å². The summed E-state index contributed by atoms with van der Waals surface area (Å²) in [5, 5.41) is 9.44. The lowest BCUT2D eigenvalue weighted by Gasteiger charge is -2.45. The van der Waals surface area contributed by atoms with Crippen molar-refractivity contribution in [2.75, 3.05) is 18.0 Å². The van der Waals surface area contributed by atoms with Crippen LogP contribution in [0.5, 0.6) is 0 Å². The van der Waals surface area contributed by atoms with E-state index in [1.165, 1.54) is 44.9 Å². The number of hydrogen-bond donors (Lipinski definition) is 1. The van der Waals surface area contributed by atoms with Crippen LogP contribution in [0.15, 0.2) is 18.5 Å². The van der Waals surface area contributed by atoms with Crippen LogP contribution in [0, 0.1) is 5.41 Å². The number of nitrogens with zero attached hydrogens (tertiary/aromatic N) is 2. The molecule has 1 saturated carbocycles. The van der Waals surface area contributed by atoms with Gasteiger partial charge in [0.2, 0.25) is 0 Å². The van der Waals surface area contributed by atoms with Gasteiger partial charge in [-0.2, -0.15) is 0 Å². The molecule has 1 aromatic heterocycles. The molecule has 1 spiro atoms. The number of piperidine rings is 1. The van der Waals surface area contributed by atoms with Crippen molar-refractivity contribution in [3.63, 3.8) is 0 Å². The molecular weight excluding hydrogens is 236 g/mol. The predicted octanol–water partition coefficient (Wildman–Crippen LogP) is 3.12. The standard InChI is InChI=1S/C16H24N2O/c19-13-14-4-9-17-12-15(14)18-10-7-16(8-11-18)5-2-1-3-6-16/h4,9,12,19H,1-3,5-8,10-11,13H2. The van der Waals surface area contributed by atoms with E-state index in [4.69, 9.17) is 0 Å². The lowest BCUT2D eigenvalue weighted by atomic mass is 9.68. The fourth-order valence-corrected chi connectivity index (χ4v) is 3.86. The van der Waals surface area contributed by atoms with Crippen LogP contribution >= 0.6 is 0 Å². The highest BCUT2D eigenvalue weighted by molar-refractivity contribution is 5.51. The number of rotatable bonds is 2. The number of aromatic nitrogens is 1. The Bertz CT molecular complexity index is 417. The van der Waals surface area contributed by atoms with Crippen LogP contribution in [-0.4, -0.2) is 23.2 Å². The maximum Gasteiger partial charge on any atom is 0.0703 e. The number of anilines is 1. The molecule has 0 aromatic carbocycles. The molecule has 0 bridgehead atoms. The highest BCUT2D eigenvalue weighted by atomic mass is 16.3. The third-order valence-electron chi connectivity index (χ3n) is 5.14. The largest absolute Gasteiger partial charge is 0.392 e. The zero-order valence-electron chi connectivity index (χ0n) is 11.6. The molecule has 1 saturated heterocycles. The van der Waals surface area contributed by atoms with Crippen molar-refractivity contribution in [1.29, 1.82) is 0 Å². The second-order valence-electron chi connectivity index (χ2n) is 6.21. The first-order valence-electron chi connectivity index (χ1n) is 7.62. The van der Waals surface area contributed by atoms with Gasteiger partial charge in [-0.05, 0) is 37.2 Å². The third kappa shape index (κ3) is 2.62. The maximum absolute atomic E-state index is 9.44. The van der Waals surface area contributed by atoms with Gasteiger partial charge in [0, 0.05) is 24.8 Å². The van der Waals surface area contributed by atoms with Gasteiger partial charge >= 0.3 is 0 Å². The van der Waals surface area contributed by atoms with Crippen LogP contribution in [0.1, 0.15) is 50.5 Å². The van der Waals surface area contributed by atoms with Crippen molar-refractivity contribution in [3.8, 4) is 0 Å². The number of hydrogen-bond acceptors (Lipinski definition) is 3. The average Bonchev–Trinajstić information content (AvgIpc) is 2.49. The van der Waals surface area contributed by atoms with E-state index in [-0.39, 0.29) is 6.61 Å². The topological polar surface area (TPSA) is 36.4 Å². The zero-order valence-corrected chi connectivity index (χ0v) is 11.6. The van der Waals surface area contributed by atoms with Crippen LogP contribution in [0.3, 0.4) is 0 Å². The molecule has 3 heteroatoms. The first kappa shape index (κ1) is 12.9. The Labute approximate surface area is 115 Å². The molecule has 3 nitrogen and oxygen atoms in total. The van der Waals surface area contributed by atoms with Crippen LogP contribution in [0.2, 0.25) is 0 Å². The van der Waals surface area contributed by atoms with Gasteiger partial charge in [0.05, 0.1) is 18.5 Å². The van der Waals surface area contributed by atoms with Crippen molar-refractivity contribution in [2.24, 2.45) is 5.41 Å². The fourth-order valence-electron chi connectivity index (χ4n) is 3.86. The minimum atomic E-state index is 0.111. The van der Waals surface area contributed by atoms with Crippen molar-refractivity contribution in [3.05, 3.63) is 24.0 Å². The van der Waals surface area contributed by atoms with Gasteiger partial charge in [-0.25, -0.2) is 0 Å². The van der Waals surface area contributed by atoms with E-state index >= 15 is 0 Å². The molecule has 1 aromatic rings.